The van der Waals surface area contributed by atoms with Crippen LogP contribution in [0.5, 0.6) is 17.2 Å². The van der Waals surface area contributed by atoms with Crippen LogP contribution in [-0.4, -0.2) is 63.8 Å². The minimum atomic E-state index is -4.05. The highest BCUT2D eigenvalue weighted by atomic mass is 32.2. The Morgan fingerprint density at radius 3 is 2.74 bits per heavy atom. The number of aryl methyl sites for hydroxylation is 1. The average molecular weight is 573 g/mol. The van der Waals surface area contributed by atoms with Crippen LogP contribution in [0.15, 0.2) is 35.3 Å². The number of rotatable bonds is 10. The molecule has 0 bridgehead atoms. The van der Waals surface area contributed by atoms with Gasteiger partial charge in [0.1, 0.15) is 17.2 Å². The zero-order chi connectivity index (χ0) is 27.6. The highest BCUT2D eigenvalue weighted by Crippen LogP contribution is 2.53. The van der Waals surface area contributed by atoms with E-state index >= 15 is 4.39 Å². The van der Waals surface area contributed by atoms with Crippen molar-refractivity contribution in [1.29, 1.82) is 0 Å². The van der Waals surface area contributed by atoms with E-state index in [9.17, 15) is 19.3 Å². The van der Waals surface area contributed by atoms with Crippen molar-refractivity contribution in [2.75, 3.05) is 19.6 Å². The van der Waals surface area contributed by atoms with E-state index in [0.717, 1.165) is 16.3 Å². The van der Waals surface area contributed by atoms with E-state index in [-0.39, 0.29) is 31.4 Å². The van der Waals surface area contributed by atoms with Crippen LogP contribution in [0.1, 0.15) is 31.8 Å². The number of hydrogen-bond acceptors (Lipinski definition) is 11. The number of benzene rings is 1. The van der Waals surface area contributed by atoms with Crippen LogP contribution in [0, 0.1) is 12.8 Å². The van der Waals surface area contributed by atoms with E-state index in [4.69, 9.17) is 23.3 Å². The maximum Gasteiger partial charge on any atom is 0.380 e. The molecule has 0 spiro atoms. The quantitative estimate of drug-likeness (QED) is 0.331. The van der Waals surface area contributed by atoms with Crippen LogP contribution in [-0.2, 0) is 18.6 Å². The molecule has 1 aromatic heterocycles. The summed E-state index contributed by atoms with van der Waals surface area (Å²) in [7, 11) is -4.05. The molecule has 0 amide bonds. The molecule has 3 heterocycles. The molecule has 2 aromatic rings. The third-order valence-corrected chi connectivity index (χ3v) is 9.37. The number of hydrogen-bond donors (Lipinski definition) is 1. The SMILES string of the molecule is Cc1ccn([C@@H]2S[C@H](CO[P@@](=O)(C[C@@H](C)C(=O)OC(C)C)Oc3ccc4c(c3)OCO4)[C@@H](O)[C@@H]2F)c(=O)n1. The van der Waals surface area contributed by atoms with Crippen LogP contribution in [0.4, 0.5) is 4.39 Å². The minimum absolute atomic E-state index is 0.0347. The first kappa shape index (κ1) is 28.4. The number of aliphatic hydroxyl groups excluding tert-OH is 1. The van der Waals surface area contributed by atoms with Gasteiger partial charge < -0.3 is 23.8 Å². The Morgan fingerprint density at radius 1 is 1.29 bits per heavy atom. The summed E-state index contributed by atoms with van der Waals surface area (Å²) < 4.78 is 57.3. The van der Waals surface area contributed by atoms with Gasteiger partial charge in [-0.2, -0.15) is 4.98 Å². The maximum atomic E-state index is 15.0. The molecule has 0 aliphatic carbocycles. The van der Waals surface area contributed by atoms with Crippen molar-refractivity contribution in [1.82, 2.24) is 9.55 Å². The highest BCUT2D eigenvalue weighted by Gasteiger charge is 2.46. The largest absolute Gasteiger partial charge is 0.463 e. The fourth-order valence-electron chi connectivity index (χ4n) is 3.91. The lowest BCUT2D eigenvalue weighted by Gasteiger charge is -2.24. The Morgan fingerprint density at radius 2 is 2.03 bits per heavy atom. The van der Waals surface area contributed by atoms with E-state index in [1.165, 1.54) is 25.3 Å². The predicted octanol–water partition coefficient (Wildman–Crippen LogP) is 3.47. The van der Waals surface area contributed by atoms with E-state index < -0.39 is 48.1 Å². The molecule has 38 heavy (non-hydrogen) atoms. The van der Waals surface area contributed by atoms with E-state index in [1.807, 2.05) is 0 Å². The summed E-state index contributed by atoms with van der Waals surface area (Å²) in [5.41, 5.74) is -0.162. The second-order valence-electron chi connectivity index (χ2n) is 9.34. The molecule has 6 atom stereocenters. The summed E-state index contributed by atoms with van der Waals surface area (Å²) in [6.45, 7) is 6.23. The summed E-state index contributed by atoms with van der Waals surface area (Å²) in [6, 6.07) is 6.15. The Balaban J connectivity index is 1.51. The van der Waals surface area contributed by atoms with Crippen molar-refractivity contribution in [3.8, 4) is 17.2 Å². The van der Waals surface area contributed by atoms with Gasteiger partial charge in [-0.15, -0.1) is 11.8 Å². The molecule has 0 saturated carbocycles. The van der Waals surface area contributed by atoms with Crippen molar-refractivity contribution in [2.24, 2.45) is 5.92 Å². The third-order valence-electron chi connectivity index (χ3n) is 5.81. The fraction of sp³-hybridized carbons (Fsp3) is 0.542. The van der Waals surface area contributed by atoms with Crippen LogP contribution >= 0.6 is 19.4 Å². The van der Waals surface area contributed by atoms with E-state index in [0.29, 0.717) is 17.2 Å². The third kappa shape index (κ3) is 6.51. The average Bonchev–Trinajstić information content (AvgIpc) is 3.42. The van der Waals surface area contributed by atoms with Gasteiger partial charge in [-0.25, -0.2) is 13.8 Å². The zero-order valence-corrected chi connectivity index (χ0v) is 23.0. The number of esters is 1. The van der Waals surface area contributed by atoms with E-state index in [2.05, 4.69) is 4.98 Å². The van der Waals surface area contributed by atoms with Crippen molar-refractivity contribution in [3.63, 3.8) is 0 Å². The molecule has 4 rings (SSSR count). The predicted molar refractivity (Wildman–Crippen MR) is 137 cm³/mol. The summed E-state index contributed by atoms with van der Waals surface area (Å²) in [5.74, 6) is -0.391. The van der Waals surface area contributed by atoms with Gasteiger partial charge in [0.15, 0.2) is 17.7 Å². The minimum Gasteiger partial charge on any atom is -0.463 e. The monoisotopic (exact) mass is 572 g/mol. The number of ether oxygens (including phenoxy) is 3. The van der Waals surface area contributed by atoms with Crippen molar-refractivity contribution in [3.05, 3.63) is 46.6 Å². The van der Waals surface area contributed by atoms with Crippen molar-refractivity contribution < 1.29 is 42.1 Å². The molecule has 1 saturated heterocycles. The summed E-state index contributed by atoms with van der Waals surface area (Å²) in [6.07, 6.45) is -2.60. The fourth-order valence-corrected chi connectivity index (χ4v) is 7.31. The molecule has 1 fully saturated rings. The Kier molecular flexibility index (Phi) is 8.71. The molecular formula is C24H30FN2O9PS. The molecule has 0 radical (unpaired) electrons. The van der Waals surface area contributed by atoms with Gasteiger partial charge in [-0.3, -0.25) is 13.9 Å². The first-order valence-electron chi connectivity index (χ1n) is 12.0. The maximum absolute atomic E-state index is 15.0. The molecule has 1 N–H and O–H groups in total. The standard InChI is InChI=1S/C24H30FN2O9PS/c1-13(2)35-23(29)14(3)11-37(31,36-16-5-6-17-18(9-16)33-12-32-17)34-10-19-21(28)20(25)22(38-19)27-8-7-15(4)26-24(27)30/h5-9,13-14,19-22,28H,10-12H2,1-4H3/t14-,19-,20+,21-,22-,37+/m1/s1. The number of carbonyl (C=O) groups is 1. The Bertz CT molecular complexity index is 1280. The number of nitrogens with zero attached hydrogens (tertiary/aromatic N) is 2. The molecular weight excluding hydrogens is 542 g/mol. The van der Waals surface area contributed by atoms with Gasteiger partial charge in [-0.1, -0.05) is 6.92 Å². The van der Waals surface area contributed by atoms with Gasteiger partial charge in [0.2, 0.25) is 6.79 Å². The molecule has 2 aliphatic heterocycles. The molecule has 1 aromatic carbocycles. The Labute approximate surface area is 223 Å². The zero-order valence-electron chi connectivity index (χ0n) is 21.3. The van der Waals surface area contributed by atoms with Gasteiger partial charge in [0, 0.05) is 18.0 Å². The smallest absolute Gasteiger partial charge is 0.380 e. The number of fused-ring (bicyclic) bond motifs is 1. The number of carbonyl (C=O) groups excluding carboxylic acids is 1. The first-order chi connectivity index (χ1) is 18.0. The van der Waals surface area contributed by atoms with E-state index in [1.54, 1.807) is 32.9 Å². The number of aromatic nitrogens is 2. The second-order valence-corrected chi connectivity index (χ2v) is 12.7. The van der Waals surface area contributed by atoms with Crippen LogP contribution in [0.25, 0.3) is 0 Å². The van der Waals surface area contributed by atoms with Crippen molar-refractivity contribution in [2.45, 2.75) is 56.7 Å². The van der Waals surface area contributed by atoms with Gasteiger partial charge in [-0.05, 0) is 39.0 Å². The van der Waals surface area contributed by atoms with Gasteiger partial charge in [0.25, 0.3) is 0 Å². The molecule has 14 heteroatoms. The van der Waals surface area contributed by atoms with Crippen LogP contribution < -0.4 is 19.7 Å². The second kappa shape index (κ2) is 11.6. The summed E-state index contributed by atoms with van der Waals surface area (Å²) >= 11 is 0.965. The van der Waals surface area contributed by atoms with Crippen molar-refractivity contribution >= 4 is 25.3 Å². The van der Waals surface area contributed by atoms with Crippen LogP contribution in [0.3, 0.4) is 0 Å². The number of aliphatic hydroxyl groups is 1. The lowest BCUT2D eigenvalue weighted by Crippen LogP contribution is -2.33. The van der Waals surface area contributed by atoms with Gasteiger partial charge >= 0.3 is 19.3 Å². The number of alkyl halides is 1. The first-order valence-corrected chi connectivity index (χ1v) is 14.7. The molecule has 2 aliphatic rings. The van der Waals surface area contributed by atoms with Gasteiger partial charge in [0.05, 0.1) is 30.0 Å². The molecule has 11 nitrogen and oxygen atoms in total. The number of halogens is 1. The summed E-state index contributed by atoms with van der Waals surface area (Å²) in [5, 5.41) is 8.62. The number of thioether (sulfide) groups is 1. The molecule has 208 valence electrons. The highest BCUT2D eigenvalue weighted by molar-refractivity contribution is 8.00. The van der Waals surface area contributed by atoms with Crippen LogP contribution in [0.2, 0.25) is 0 Å². The topological polar surface area (TPSA) is 135 Å². The summed E-state index contributed by atoms with van der Waals surface area (Å²) in [4.78, 5) is 28.5. The normalized spacial score (nSPS) is 24.7. The lowest BCUT2D eigenvalue weighted by atomic mass is 10.1. The Hall–Kier alpha value is -2.60. The molecule has 0 unspecified atom stereocenters. The lowest BCUT2D eigenvalue weighted by molar-refractivity contribution is -0.151.